The fourth-order valence-corrected chi connectivity index (χ4v) is 2.93. The van der Waals surface area contributed by atoms with E-state index in [0.29, 0.717) is 11.3 Å². The van der Waals surface area contributed by atoms with Crippen LogP contribution in [0.3, 0.4) is 0 Å². The molecule has 2 aromatic carbocycles. The highest BCUT2D eigenvalue weighted by atomic mass is 79.9. The second-order valence-electron chi connectivity index (χ2n) is 5.62. The molecule has 0 aliphatic heterocycles. The van der Waals surface area contributed by atoms with Gasteiger partial charge in [-0.15, -0.1) is 0 Å². The number of nitrogens with one attached hydrogen (secondary N) is 1. The van der Waals surface area contributed by atoms with E-state index in [1.165, 1.54) is 6.92 Å². The molecule has 7 heteroatoms. The molecule has 0 spiro atoms. The van der Waals surface area contributed by atoms with Crippen molar-refractivity contribution in [2.45, 2.75) is 12.8 Å². The van der Waals surface area contributed by atoms with Gasteiger partial charge in [0.05, 0.1) is 5.92 Å². The second-order valence-corrected chi connectivity index (χ2v) is 6.53. The topological polar surface area (TPSA) is 89.3 Å². The number of amides is 1. The van der Waals surface area contributed by atoms with E-state index in [9.17, 15) is 19.7 Å². The Kier molecular flexibility index (Phi) is 6.41. The normalized spacial score (nSPS) is 12.9. The lowest BCUT2D eigenvalue weighted by Crippen LogP contribution is -2.36. The van der Waals surface area contributed by atoms with Gasteiger partial charge in [-0.05, 0) is 36.8 Å². The Labute approximate surface area is 153 Å². The number of nitrogens with zero attached hydrogens (tertiary/aromatic N) is 1. The van der Waals surface area contributed by atoms with E-state index in [-0.39, 0.29) is 0 Å². The predicted octanol–water partition coefficient (Wildman–Crippen LogP) is 3.65. The zero-order valence-corrected chi connectivity index (χ0v) is 15.1. The van der Waals surface area contributed by atoms with Crippen molar-refractivity contribution in [3.8, 4) is 0 Å². The highest BCUT2D eigenvalue weighted by molar-refractivity contribution is 9.10. The van der Waals surface area contributed by atoms with Gasteiger partial charge < -0.3 is 5.32 Å². The van der Waals surface area contributed by atoms with E-state index in [1.54, 1.807) is 54.6 Å². The first-order valence-electron chi connectivity index (χ1n) is 7.62. The van der Waals surface area contributed by atoms with E-state index >= 15 is 0 Å². The number of hydrogen-bond acceptors (Lipinski definition) is 4. The van der Waals surface area contributed by atoms with E-state index in [0.717, 1.165) is 4.47 Å². The molecular formula is C18H17BrN2O4. The van der Waals surface area contributed by atoms with Gasteiger partial charge in [-0.2, -0.15) is 0 Å². The van der Waals surface area contributed by atoms with Crippen molar-refractivity contribution in [1.82, 2.24) is 0 Å². The van der Waals surface area contributed by atoms with Crippen LogP contribution in [0.4, 0.5) is 5.69 Å². The van der Waals surface area contributed by atoms with Crippen LogP contribution in [-0.4, -0.2) is 23.2 Å². The van der Waals surface area contributed by atoms with Crippen LogP contribution in [0.1, 0.15) is 18.4 Å². The molecule has 2 aromatic rings. The third-order valence-electron chi connectivity index (χ3n) is 3.81. The first-order valence-corrected chi connectivity index (χ1v) is 8.41. The van der Waals surface area contributed by atoms with Gasteiger partial charge in [0, 0.05) is 15.1 Å². The average Bonchev–Trinajstić information content (AvgIpc) is 2.55. The summed E-state index contributed by atoms with van der Waals surface area (Å²) >= 11 is 3.30. The lowest BCUT2D eigenvalue weighted by atomic mass is 9.83. The molecule has 1 N–H and O–H groups in total. The molecule has 0 aliphatic rings. The molecule has 1 amide bonds. The minimum atomic E-state index is -1.15. The van der Waals surface area contributed by atoms with Gasteiger partial charge in [-0.25, -0.2) is 0 Å². The average molecular weight is 405 g/mol. The molecule has 0 aliphatic carbocycles. The molecule has 0 bridgehead atoms. The number of Topliss-reactive ketones (excluding diaryl/α,β-unsaturated/α-hetero) is 1. The lowest BCUT2D eigenvalue weighted by Gasteiger charge is -2.22. The molecule has 0 saturated carbocycles. The maximum Gasteiger partial charge on any atom is 0.235 e. The van der Waals surface area contributed by atoms with Gasteiger partial charge >= 0.3 is 0 Å². The van der Waals surface area contributed by atoms with Crippen molar-refractivity contribution >= 4 is 33.3 Å². The number of rotatable bonds is 7. The molecule has 0 radical (unpaired) electrons. The number of carbonyl (C=O) groups excluding carboxylic acids is 2. The van der Waals surface area contributed by atoms with Gasteiger partial charge in [-0.3, -0.25) is 19.7 Å². The van der Waals surface area contributed by atoms with E-state index < -0.39 is 35.0 Å². The summed E-state index contributed by atoms with van der Waals surface area (Å²) < 4.78 is 0.809. The summed E-state index contributed by atoms with van der Waals surface area (Å²) in [5.74, 6) is -2.95. The number of carbonyl (C=O) groups is 2. The summed E-state index contributed by atoms with van der Waals surface area (Å²) in [6, 6.07) is 15.5. The van der Waals surface area contributed by atoms with Gasteiger partial charge in [0.2, 0.25) is 12.5 Å². The lowest BCUT2D eigenvalue weighted by molar-refractivity contribution is -0.484. The Morgan fingerprint density at radius 1 is 1.12 bits per heavy atom. The molecular weight excluding hydrogens is 388 g/mol. The van der Waals surface area contributed by atoms with Crippen LogP contribution in [0.2, 0.25) is 0 Å². The number of nitro groups is 1. The molecule has 130 valence electrons. The fraction of sp³-hybridized carbons (Fsp3) is 0.222. The van der Waals surface area contributed by atoms with Crippen molar-refractivity contribution in [3.05, 3.63) is 74.7 Å². The van der Waals surface area contributed by atoms with Crippen LogP contribution in [0.25, 0.3) is 0 Å². The number of hydrogen-bond donors (Lipinski definition) is 1. The molecule has 2 unspecified atom stereocenters. The Morgan fingerprint density at radius 3 is 2.24 bits per heavy atom. The summed E-state index contributed by atoms with van der Waals surface area (Å²) in [6.07, 6.45) is 0. The number of halogens is 1. The summed E-state index contributed by atoms with van der Waals surface area (Å²) in [5.41, 5.74) is 1.11. The van der Waals surface area contributed by atoms with Crippen LogP contribution in [0, 0.1) is 16.0 Å². The molecule has 25 heavy (non-hydrogen) atoms. The van der Waals surface area contributed by atoms with E-state index in [2.05, 4.69) is 21.2 Å². The van der Waals surface area contributed by atoms with Crippen molar-refractivity contribution in [3.63, 3.8) is 0 Å². The predicted molar refractivity (Wildman–Crippen MR) is 98.0 cm³/mol. The molecule has 0 aromatic heterocycles. The first kappa shape index (κ1) is 18.8. The first-order chi connectivity index (χ1) is 11.9. The third-order valence-corrected chi connectivity index (χ3v) is 4.34. The molecule has 0 saturated heterocycles. The van der Waals surface area contributed by atoms with Crippen molar-refractivity contribution in [2.75, 3.05) is 11.9 Å². The van der Waals surface area contributed by atoms with Gasteiger partial charge in [0.1, 0.15) is 11.7 Å². The number of benzene rings is 2. The number of ketones is 1. The van der Waals surface area contributed by atoms with Crippen LogP contribution in [-0.2, 0) is 9.59 Å². The maximum absolute atomic E-state index is 12.7. The summed E-state index contributed by atoms with van der Waals surface area (Å²) in [6.45, 7) is 0.773. The van der Waals surface area contributed by atoms with Crippen molar-refractivity contribution in [1.29, 1.82) is 0 Å². The van der Waals surface area contributed by atoms with Gasteiger partial charge in [0.25, 0.3) is 0 Å². The monoisotopic (exact) mass is 404 g/mol. The summed E-state index contributed by atoms with van der Waals surface area (Å²) in [5, 5.41) is 13.8. The third kappa shape index (κ3) is 5.22. The van der Waals surface area contributed by atoms with Gasteiger partial charge in [-0.1, -0.05) is 46.3 Å². The number of para-hydroxylation sites is 1. The van der Waals surface area contributed by atoms with Crippen molar-refractivity contribution in [2.24, 2.45) is 5.92 Å². The Hall–Kier alpha value is -2.54. The summed E-state index contributed by atoms with van der Waals surface area (Å²) in [4.78, 5) is 35.4. The fourth-order valence-electron chi connectivity index (χ4n) is 2.67. The highest BCUT2D eigenvalue weighted by Crippen LogP contribution is 2.28. The smallest absolute Gasteiger partial charge is 0.235 e. The maximum atomic E-state index is 12.7. The molecule has 0 fully saturated rings. The highest BCUT2D eigenvalue weighted by Gasteiger charge is 2.36. The SMILES string of the molecule is CC(=O)C(C(=O)Nc1ccccc1)C(C[N+](=O)[O-])c1ccc(Br)cc1. The molecule has 2 rings (SSSR count). The Balaban J connectivity index is 2.34. The molecule has 0 heterocycles. The minimum Gasteiger partial charge on any atom is -0.325 e. The largest absolute Gasteiger partial charge is 0.325 e. The number of anilines is 1. The van der Waals surface area contributed by atoms with Crippen molar-refractivity contribution < 1.29 is 14.5 Å². The standard InChI is InChI=1S/C18H17BrN2O4/c1-12(22)17(18(23)20-15-5-3-2-4-6-15)16(11-21(24)25)13-7-9-14(19)10-8-13/h2-10,16-17H,11H2,1H3,(H,20,23). The van der Waals surface area contributed by atoms with Crippen LogP contribution in [0.5, 0.6) is 0 Å². The van der Waals surface area contributed by atoms with E-state index in [1.807, 2.05) is 0 Å². The van der Waals surface area contributed by atoms with Crippen LogP contribution >= 0.6 is 15.9 Å². The zero-order chi connectivity index (χ0) is 18.4. The Bertz CT molecular complexity index is 762. The zero-order valence-electron chi connectivity index (χ0n) is 13.5. The minimum absolute atomic E-state index is 0.414. The molecule has 6 nitrogen and oxygen atoms in total. The van der Waals surface area contributed by atoms with E-state index in [4.69, 9.17) is 0 Å². The quantitative estimate of drug-likeness (QED) is 0.433. The van der Waals surface area contributed by atoms with Crippen LogP contribution < -0.4 is 5.32 Å². The van der Waals surface area contributed by atoms with Crippen LogP contribution in [0.15, 0.2) is 59.1 Å². The van der Waals surface area contributed by atoms with Gasteiger partial charge in [0.15, 0.2) is 0 Å². The molecule has 2 atom stereocenters. The summed E-state index contributed by atoms with van der Waals surface area (Å²) in [7, 11) is 0. The second kappa shape index (κ2) is 8.53. The Morgan fingerprint density at radius 2 is 1.72 bits per heavy atom.